The number of rotatable bonds is 5. The number of hydrogen-bond donors (Lipinski definition) is 2. The highest BCUT2D eigenvalue weighted by Gasteiger charge is 2.17. The van der Waals surface area contributed by atoms with E-state index < -0.39 is 11.6 Å². The van der Waals surface area contributed by atoms with E-state index in [-0.39, 0.29) is 12.5 Å². The summed E-state index contributed by atoms with van der Waals surface area (Å²) in [6.45, 7) is 0. The number of hydrazine groups is 1. The summed E-state index contributed by atoms with van der Waals surface area (Å²) >= 11 is 3.44. The lowest BCUT2D eigenvalue weighted by Gasteiger charge is -2.19. The van der Waals surface area contributed by atoms with Crippen LogP contribution in [-0.4, -0.2) is 7.11 Å². The van der Waals surface area contributed by atoms with Gasteiger partial charge in [-0.15, -0.1) is 0 Å². The Balaban J connectivity index is 2.31. The number of hydrogen-bond acceptors (Lipinski definition) is 3. The second kappa shape index (κ2) is 6.98. The van der Waals surface area contributed by atoms with Gasteiger partial charge in [0, 0.05) is 10.5 Å². The third-order valence-electron chi connectivity index (χ3n) is 3.22. The van der Waals surface area contributed by atoms with Gasteiger partial charge in [-0.1, -0.05) is 22.0 Å². The minimum absolute atomic E-state index is 0.286. The van der Waals surface area contributed by atoms with Gasteiger partial charge < -0.3 is 4.74 Å². The SMILES string of the molecule is COc1ccc(Br)c(C(Cc2ccc(F)cc2F)NN)c1. The molecule has 0 saturated carbocycles. The number of ether oxygens (including phenoxy) is 1. The molecule has 6 heteroatoms. The van der Waals surface area contributed by atoms with Gasteiger partial charge in [0.2, 0.25) is 0 Å². The van der Waals surface area contributed by atoms with Gasteiger partial charge in [0.1, 0.15) is 17.4 Å². The van der Waals surface area contributed by atoms with Crippen molar-refractivity contribution in [3.05, 3.63) is 63.6 Å². The highest BCUT2D eigenvalue weighted by Crippen LogP contribution is 2.30. The molecule has 0 heterocycles. The van der Waals surface area contributed by atoms with Gasteiger partial charge in [0.05, 0.1) is 13.2 Å². The maximum Gasteiger partial charge on any atom is 0.129 e. The fraction of sp³-hybridized carbons (Fsp3) is 0.200. The molecule has 2 aromatic rings. The van der Waals surface area contributed by atoms with Crippen molar-refractivity contribution in [3.63, 3.8) is 0 Å². The molecule has 0 fully saturated rings. The van der Waals surface area contributed by atoms with Crippen LogP contribution >= 0.6 is 15.9 Å². The van der Waals surface area contributed by atoms with Gasteiger partial charge in [-0.25, -0.2) is 8.78 Å². The smallest absolute Gasteiger partial charge is 0.129 e. The van der Waals surface area contributed by atoms with E-state index in [1.807, 2.05) is 12.1 Å². The Kier molecular flexibility index (Phi) is 5.27. The van der Waals surface area contributed by atoms with Crippen molar-refractivity contribution in [3.8, 4) is 5.75 Å². The average Bonchev–Trinajstić information content (AvgIpc) is 2.47. The molecule has 3 N–H and O–H groups in total. The van der Waals surface area contributed by atoms with Crippen molar-refractivity contribution in [2.75, 3.05) is 7.11 Å². The zero-order chi connectivity index (χ0) is 15.4. The summed E-state index contributed by atoms with van der Waals surface area (Å²) in [6.07, 6.45) is 0.286. The summed E-state index contributed by atoms with van der Waals surface area (Å²) in [5.41, 5.74) is 3.87. The third-order valence-corrected chi connectivity index (χ3v) is 3.94. The highest BCUT2D eigenvalue weighted by atomic mass is 79.9. The number of nitrogens with two attached hydrogens (primary N) is 1. The Morgan fingerprint density at radius 2 is 2.00 bits per heavy atom. The lowest BCUT2D eigenvalue weighted by atomic mass is 9.99. The number of benzene rings is 2. The van der Waals surface area contributed by atoms with Crippen LogP contribution in [-0.2, 0) is 6.42 Å². The molecule has 3 nitrogen and oxygen atoms in total. The van der Waals surface area contributed by atoms with Crippen molar-refractivity contribution in [1.29, 1.82) is 0 Å². The van der Waals surface area contributed by atoms with E-state index in [0.29, 0.717) is 11.3 Å². The minimum atomic E-state index is -0.601. The standard InChI is InChI=1S/C15H15BrF2N2O/c1-21-11-4-5-13(16)12(8-11)15(20-19)6-9-2-3-10(17)7-14(9)18/h2-5,7-8,15,20H,6,19H2,1H3. The topological polar surface area (TPSA) is 47.3 Å². The molecule has 0 aliphatic carbocycles. The Morgan fingerprint density at radius 3 is 2.62 bits per heavy atom. The van der Waals surface area contributed by atoms with Gasteiger partial charge in [0.15, 0.2) is 0 Å². The summed E-state index contributed by atoms with van der Waals surface area (Å²) < 4.78 is 32.7. The molecule has 1 atom stereocenters. The van der Waals surface area contributed by atoms with E-state index in [4.69, 9.17) is 10.6 Å². The first-order chi connectivity index (χ1) is 10.0. The molecular weight excluding hydrogens is 342 g/mol. The van der Waals surface area contributed by atoms with E-state index in [2.05, 4.69) is 21.4 Å². The van der Waals surface area contributed by atoms with Crippen molar-refractivity contribution < 1.29 is 13.5 Å². The molecule has 0 radical (unpaired) electrons. The third kappa shape index (κ3) is 3.78. The van der Waals surface area contributed by atoms with E-state index in [1.165, 1.54) is 12.1 Å². The van der Waals surface area contributed by atoms with E-state index >= 15 is 0 Å². The molecule has 0 saturated heterocycles. The monoisotopic (exact) mass is 356 g/mol. The lowest BCUT2D eigenvalue weighted by molar-refractivity contribution is 0.412. The van der Waals surface area contributed by atoms with Crippen LogP contribution in [0.5, 0.6) is 5.75 Å². The Bertz CT molecular complexity index is 637. The highest BCUT2D eigenvalue weighted by molar-refractivity contribution is 9.10. The Hall–Kier alpha value is -1.50. The molecule has 0 aromatic heterocycles. The van der Waals surface area contributed by atoms with Crippen LogP contribution < -0.4 is 16.0 Å². The fourth-order valence-electron chi connectivity index (χ4n) is 2.08. The lowest BCUT2D eigenvalue weighted by Crippen LogP contribution is -2.30. The van der Waals surface area contributed by atoms with Crippen LogP contribution in [0.1, 0.15) is 17.2 Å². The Labute approximate surface area is 130 Å². The first-order valence-electron chi connectivity index (χ1n) is 6.28. The van der Waals surface area contributed by atoms with Crippen molar-refractivity contribution in [2.45, 2.75) is 12.5 Å². The average molecular weight is 357 g/mol. The minimum Gasteiger partial charge on any atom is -0.497 e. The van der Waals surface area contributed by atoms with Gasteiger partial charge >= 0.3 is 0 Å². The van der Waals surface area contributed by atoms with Crippen LogP contribution in [0.2, 0.25) is 0 Å². The van der Waals surface area contributed by atoms with Crippen LogP contribution in [0.15, 0.2) is 40.9 Å². The molecule has 0 amide bonds. The molecule has 1 unspecified atom stereocenters. The number of halogens is 3. The molecule has 112 valence electrons. The maximum absolute atomic E-state index is 13.8. The molecule has 2 rings (SSSR count). The zero-order valence-corrected chi connectivity index (χ0v) is 13.0. The van der Waals surface area contributed by atoms with Gasteiger partial charge in [-0.05, 0) is 41.8 Å². The van der Waals surface area contributed by atoms with Crippen LogP contribution in [0, 0.1) is 11.6 Å². The summed E-state index contributed by atoms with van der Waals surface area (Å²) in [6, 6.07) is 8.63. The molecule has 21 heavy (non-hydrogen) atoms. The Morgan fingerprint density at radius 1 is 1.24 bits per heavy atom. The van der Waals surface area contributed by atoms with Crippen LogP contribution in [0.4, 0.5) is 8.78 Å². The van der Waals surface area contributed by atoms with E-state index in [0.717, 1.165) is 16.1 Å². The first-order valence-corrected chi connectivity index (χ1v) is 7.08. The maximum atomic E-state index is 13.8. The summed E-state index contributed by atoms with van der Waals surface area (Å²) in [5, 5.41) is 0. The first kappa shape index (κ1) is 15.9. The normalized spacial score (nSPS) is 12.2. The van der Waals surface area contributed by atoms with Crippen LogP contribution in [0.25, 0.3) is 0 Å². The predicted octanol–water partition coefficient (Wildman–Crippen LogP) is 3.48. The molecule has 0 aliphatic rings. The summed E-state index contributed by atoms with van der Waals surface area (Å²) in [7, 11) is 1.57. The van der Waals surface area contributed by atoms with Crippen LogP contribution in [0.3, 0.4) is 0 Å². The summed E-state index contributed by atoms with van der Waals surface area (Å²) in [5.74, 6) is 5.07. The molecule has 2 aromatic carbocycles. The second-order valence-electron chi connectivity index (χ2n) is 4.55. The molecule has 0 aliphatic heterocycles. The summed E-state index contributed by atoms with van der Waals surface area (Å²) in [4.78, 5) is 0. The molecule has 0 spiro atoms. The fourth-order valence-corrected chi connectivity index (χ4v) is 2.60. The quantitative estimate of drug-likeness (QED) is 0.636. The van der Waals surface area contributed by atoms with Crippen molar-refractivity contribution >= 4 is 15.9 Å². The van der Waals surface area contributed by atoms with E-state index in [9.17, 15) is 8.78 Å². The number of methoxy groups -OCH3 is 1. The van der Waals surface area contributed by atoms with Gasteiger partial charge in [-0.2, -0.15) is 0 Å². The predicted molar refractivity (Wildman–Crippen MR) is 80.8 cm³/mol. The molecular formula is C15H15BrF2N2O. The largest absolute Gasteiger partial charge is 0.497 e. The number of nitrogens with one attached hydrogen (secondary N) is 1. The zero-order valence-electron chi connectivity index (χ0n) is 11.4. The van der Waals surface area contributed by atoms with Gasteiger partial charge in [0.25, 0.3) is 0 Å². The van der Waals surface area contributed by atoms with Gasteiger partial charge in [-0.3, -0.25) is 11.3 Å². The van der Waals surface area contributed by atoms with E-state index in [1.54, 1.807) is 13.2 Å². The van der Waals surface area contributed by atoms with Crippen molar-refractivity contribution in [1.82, 2.24) is 5.43 Å². The second-order valence-corrected chi connectivity index (χ2v) is 5.40. The molecule has 0 bridgehead atoms. The van der Waals surface area contributed by atoms with Crippen molar-refractivity contribution in [2.24, 2.45) is 5.84 Å².